The number of carbonyl (C=O) groups is 1. The van der Waals surface area contributed by atoms with Crippen molar-refractivity contribution in [1.82, 2.24) is 9.97 Å². The zero-order valence-electron chi connectivity index (χ0n) is 11.8. The minimum Gasteiger partial charge on any atom is -0.477 e. The minimum absolute atomic E-state index is 0.0665. The van der Waals surface area contributed by atoms with Crippen molar-refractivity contribution >= 4 is 21.8 Å². The van der Waals surface area contributed by atoms with Crippen LogP contribution in [0.5, 0.6) is 0 Å². The second-order valence-corrected chi connectivity index (χ2v) is 6.27. The molecule has 0 fully saturated rings. The number of anilines is 1. The number of nitrogens with one attached hydrogen (secondary N) is 2. The van der Waals surface area contributed by atoms with E-state index in [4.69, 9.17) is 5.11 Å². The van der Waals surface area contributed by atoms with Crippen LogP contribution in [0.3, 0.4) is 0 Å². The van der Waals surface area contributed by atoms with Crippen molar-refractivity contribution in [3.63, 3.8) is 0 Å². The van der Waals surface area contributed by atoms with Crippen LogP contribution in [0.1, 0.15) is 27.4 Å². The van der Waals surface area contributed by atoms with Crippen molar-refractivity contribution in [3.8, 4) is 0 Å². The fraction of sp³-hybridized carbons (Fsp3) is 0.231. The van der Waals surface area contributed by atoms with Gasteiger partial charge in [0.2, 0.25) is 0 Å². The van der Waals surface area contributed by atoms with Crippen molar-refractivity contribution in [2.75, 3.05) is 4.72 Å². The van der Waals surface area contributed by atoms with Crippen LogP contribution in [0.4, 0.5) is 5.82 Å². The summed E-state index contributed by atoms with van der Waals surface area (Å²) in [6.07, 6.45) is 0. The lowest BCUT2D eigenvalue weighted by atomic mass is 10.2. The number of aromatic carboxylic acids is 1. The third-order valence-electron chi connectivity index (χ3n) is 2.98. The summed E-state index contributed by atoms with van der Waals surface area (Å²) in [4.78, 5) is 17.6. The molecule has 0 bridgehead atoms. The molecule has 3 N–H and O–H groups in total. The summed E-state index contributed by atoms with van der Waals surface area (Å²) < 4.78 is 27.2. The maximum absolute atomic E-state index is 12.4. The van der Waals surface area contributed by atoms with Crippen molar-refractivity contribution in [3.05, 3.63) is 40.8 Å². The van der Waals surface area contributed by atoms with Gasteiger partial charge in [-0.05, 0) is 32.9 Å². The van der Waals surface area contributed by atoms with Gasteiger partial charge in [-0.15, -0.1) is 0 Å². The fourth-order valence-corrected chi connectivity index (χ4v) is 3.59. The number of aromatic nitrogens is 2. The molecule has 0 aliphatic heterocycles. The largest absolute Gasteiger partial charge is 0.477 e. The van der Waals surface area contributed by atoms with Crippen LogP contribution in [-0.2, 0) is 10.0 Å². The van der Waals surface area contributed by atoms with Gasteiger partial charge in [0.05, 0.1) is 0 Å². The Kier molecular flexibility index (Phi) is 3.73. The number of hydrogen-bond acceptors (Lipinski definition) is 4. The number of rotatable bonds is 4. The molecule has 0 unspecified atom stereocenters. The molecular formula is C13H15N3O4S. The average molecular weight is 309 g/mol. The minimum atomic E-state index is -3.91. The van der Waals surface area contributed by atoms with Gasteiger partial charge >= 0.3 is 5.97 Å². The monoisotopic (exact) mass is 309 g/mol. The SMILES string of the molecule is Cc1cccc(NS(=O)(=O)c2c(C)[nH]c(C(=O)O)c2C)n1. The Bertz CT molecular complexity index is 809. The van der Waals surface area contributed by atoms with Gasteiger partial charge in [-0.1, -0.05) is 6.07 Å². The lowest BCUT2D eigenvalue weighted by Gasteiger charge is -2.08. The first-order valence-corrected chi connectivity index (χ1v) is 7.59. The van der Waals surface area contributed by atoms with Crippen LogP contribution < -0.4 is 4.72 Å². The van der Waals surface area contributed by atoms with Gasteiger partial charge in [0.25, 0.3) is 10.0 Å². The topological polar surface area (TPSA) is 112 Å². The van der Waals surface area contributed by atoms with E-state index in [2.05, 4.69) is 14.7 Å². The maximum Gasteiger partial charge on any atom is 0.352 e. The van der Waals surface area contributed by atoms with E-state index in [1.165, 1.54) is 19.9 Å². The first-order chi connectivity index (χ1) is 9.72. The van der Waals surface area contributed by atoms with Gasteiger partial charge in [-0.2, -0.15) is 0 Å². The quantitative estimate of drug-likeness (QED) is 0.797. The predicted octanol–water partition coefficient (Wildman–Crippen LogP) is 1.83. The summed E-state index contributed by atoms with van der Waals surface area (Å²) in [5.74, 6) is -1.02. The summed E-state index contributed by atoms with van der Waals surface area (Å²) in [5, 5.41) is 9.04. The van der Waals surface area contributed by atoms with Gasteiger partial charge in [-0.25, -0.2) is 18.2 Å². The van der Waals surface area contributed by atoms with Crippen LogP contribution in [0, 0.1) is 20.8 Å². The van der Waals surface area contributed by atoms with E-state index >= 15 is 0 Å². The van der Waals surface area contributed by atoms with Gasteiger partial charge in [0.1, 0.15) is 16.4 Å². The van der Waals surface area contributed by atoms with Crippen molar-refractivity contribution < 1.29 is 18.3 Å². The number of H-pyrrole nitrogens is 1. The lowest BCUT2D eigenvalue weighted by molar-refractivity contribution is 0.0690. The predicted molar refractivity (Wildman–Crippen MR) is 77.0 cm³/mol. The molecule has 7 nitrogen and oxygen atoms in total. The first-order valence-electron chi connectivity index (χ1n) is 6.11. The fourth-order valence-electron chi connectivity index (χ4n) is 2.14. The molecule has 21 heavy (non-hydrogen) atoms. The molecule has 0 saturated heterocycles. The molecule has 2 aromatic heterocycles. The van der Waals surface area contributed by atoms with E-state index in [1.54, 1.807) is 19.1 Å². The second-order valence-electron chi connectivity index (χ2n) is 4.65. The molecule has 0 aromatic carbocycles. The van der Waals surface area contributed by atoms with E-state index in [-0.39, 0.29) is 27.7 Å². The number of carboxylic acids is 1. The molecule has 2 aromatic rings. The lowest BCUT2D eigenvalue weighted by Crippen LogP contribution is -2.15. The summed E-state index contributed by atoms with van der Waals surface area (Å²) in [6, 6.07) is 4.95. The number of sulfonamides is 1. The highest BCUT2D eigenvalue weighted by Gasteiger charge is 2.26. The Labute approximate surface area is 122 Å². The molecular weight excluding hydrogens is 294 g/mol. The van der Waals surface area contributed by atoms with E-state index < -0.39 is 16.0 Å². The van der Waals surface area contributed by atoms with E-state index in [9.17, 15) is 13.2 Å². The molecule has 2 rings (SSSR count). The van der Waals surface area contributed by atoms with Crippen LogP contribution in [-0.4, -0.2) is 29.5 Å². The molecule has 0 atom stereocenters. The Morgan fingerprint density at radius 1 is 1.29 bits per heavy atom. The van der Waals surface area contributed by atoms with Crippen LogP contribution in [0.15, 0.2) is 23.1 Å². The summed E-state index contributed by atoms with van der Waals surface area (Å²) in [6.45, 7) is 4.70. The third kappa shape index (κ3) is 2.89. The zero-order chi connectivity index (χ0) is 15.8. The van der Waals surface area contributed by atoms with Crippen molar-refractivity contribution in [1.29, 1.82) is 0 Å². The second kappa shape index (κ2) is 5.21. The van der Waals surface area contributed by atoms with E-state index in [0.717, 1.165) is 0 Å². The Balaban J connectivity index is 2.48. The summed E-state index contributed by atoms with van der Waals surface area (Å²) in [7, 11) is -3.91. The molecule has 0 aliphatic carbocycles. The smallest absolute Gasteiger partial charge is 0.352 e. The Morgan fingerprint density at radius 3 is 2.48 bits per heavy atom. The van der Waals surface area contributed by atoms with Crippen LogP contribution >= 0.6 is 0 Å². The van der Waals surface area contributed by atoms with Crippen molar-refractivity contribution in [2.24, 2.45) is 0 Å². The average Bonchev–Trinajstić information content (AvgIpc) is 2.64. The number of carboxylic acid groups (broad SMARTS) is 1. The third-order valence-corrected chi connectivity index (χ3v) is 4.61. The van der Waals surface area contributed by atoms with E-state index in [0.29, 0.717) is 5.69 Å². The normalized spacial score (nSPS) is 11.4. The molecule has 0 spiro atoms. The summed E-state index contributed by atoms with van der Waals surface area (Å²) in [5.41, 5.74) is 0.972. The van der Waals surface area contributed by atoms with E-state index in [1.807, 2.05) is 0 Å². The van der Waals surface area contributed by atoms with Crippen molar-refractivity contribution in [2.45, 2.75) is 25.7 Å². The standard InChI is InChI=1S/C13H15N3O4S/c1-7-5-4-6-10(14-7)16-21(19,20)12-8(2)11(13(17)18)15-9(12)3/h4-6,15H,1-3H3,(H,14,16)(H,17,18). The Morgan fingerprint density at radius 2 is 1.95 bits per heavy atom. The highest BCUT2D eigenvalue weighted by molar-refractivity contribution is 7.92. The van der Waals surface area contributed by atoms with Gasteiger partial charge < -0.3 is 10.1 Å². The van der Waals surface area contributed by atoms with Crippen LogP contribution in [0.2, 0.25) is 0 Å². The van der Waals surface area contributed by atoms with Gasteiger partial charge in [0.15, 0.2) is 0 Å². The molecule has 8 heteroatoms. The number of aryl methyl sites for hydroxylation is 2. The summed E-state index contributed by atoms with van der Waals surface area (Å²) >= 11 is 0. The number of pyridine rings is 1. The van der Waals surface area contributed by atoms with Gasteiger partial charge in [0, 0.05) is 17.0 Å². The number of hydrogen-bond donors (Lipinski definition) is 3. The highest BCUT2D eigenvalue weighted by Crippen LogP contribution is 2.25. The van der Waals surface area contributed by atoms with Crippen LogP contribution in [0.25, 0.3) is 0 Å². The molecule has 0 amide bonds. The molecule has 0 radical (unpaired) electrons. The van der Waals surface area contributed by atoms with Gasteiger partial charge in [-0.3, -0.25) is 4.72 Å². The molecule has 0 saturated carbocycles. The molecule has 0 aliphatic rings. The maximum atomic E-state index is 12.4. The zero-order valence-corrected chi connectivity index (χ0v) is 12.6. The Hall–Kier alpha value is -2.35. The molecule has 2 heterocycles. The number of aromatic amines is 1. The molecule has 112 valence electrons. The number of nitrogens with zero attached hydrogens (tertiary/aromatic N) is 1. The highest BCUT2D eigenvalue weighted by atomic mass is 32.2. The first kappa shape index (κ1) is 15.0.